The van der Waals surface area contributed by atoms with E-state index in [1.807, 2.05) is 12.1 Å². The summed E-state index contributed by atoms with van der Waals surface area (Å²) < 4.78 is 18.4. The van der Waals surface area contributed by atoms with E-state index in [-0.39, 0.29) is 5.82 Å². The molecule has 1 saturated heterocycles. The first kappa shape index (κ1) is 15.7. The molecule has 5 nitrogen and oxygen atoms in total. The summed E-state index contributed by atoms with van der Waals surface area (Å²) in [5, 5.41) is 4.10. The lowest BCUT2D eigenvalue weighted by Crippen LogP contribution is -2.46. The summed E-state index contributed by atoms with van der Waals surface area (Å²) in [6, 6.07) is 7.14. The summed E-state index contributed by atoms with van der Waals surface area (Å²) in [6.07, 6.45) is 2.36. The first-order valence-electron chi connectivity index (χ1n) is 8.73. The monoisotopic (exact) mass is 330 g/mol. The lowest BCUT2D eigenvalue weighted by atomic mass is 10.1. The zero-order valence-electron chi connectivity index (χ0n) is 14.0. The van der Waals surface area contributed by atoms with Gasteiger partial charge in [0.1, 0.15) is 5.82 Å². The van der Waals surface area contributed by atoms with Gasteiger partial charge in [0.25, 0.3) is 0 Å². The van der Waals surface area contributed by atoms with Crippen molar-refractivity contribution in [1.82, 2.24) is 19.9 Å². The van der Waals surface area contributed by atoms with Crippen molar-refractivity contribution in [3.05, 3.63) is 47.4 Å². The van der Waals surface area contributed by atoms with Gasteiger partial charge in [0, 0.05) is 38.1 Å². The van der Waals surface area contributed by atoms with Crippen molar-refractivity contribution in [3.8, 4) is 0 Å². The molecular weight excluding hydrogens is 307 g/mol. The van der Waals surface area contributed by atoms with Crippen LogP contribution in [0.5, 0.6) is 0 Å². The lowest BCUT2D eigenvalue weighted by molar-refractivity contribution is 0.0956. The highest BCUT2D eigenvalue weighted by Gasteiger charge is 2.30. The van der Waals surface area contributed by atoms with Gasteiger partial charge in [-0.15, -0.1) is 0 Å². The minimum atomic E-state index is -0.179. The van der Waals surface area contributed by atoms with Crippen molar-refractivity contribution in [2.45, 2.75) is 38.3 Å². The maximum absolute atomic E-state index is 13.1. The van der Waals surface area contributed by atoms with Gasteiger partial charge in [-0.2, -0.15) is 4.98 Å². The van der Waals surface area contributed by atoms with Crippen LogP contribution in [0.25, 0.3) is 0 Å². The zero-order chi connectivity index (χ0) is 16.5. The van der Waals surface area contributed by atoms with Gasteiger partial charge in [0.2, 0.25) is 5.89 Å². The van der Waals surface area contributed by atoms with Crippen molar-refractivity contribution in [2.75, 3.05) is 26.2 Å². The van der Waals surface area contributed by atoms with Crippen LogP contribution in [0.3, 0.4) is 0 Å². The van der Waals surface area contributed by atoms with E-state index >= 15 is 0 Å². The van der Waals surface area contributed by atoms with Crippen LogP contribution in [-0.4, -0.2) is 46.1 Å². The summed E-state index contributed by atoms with van der Waals surface area (Å²) in [5.41, 5.74) is 1.16. The second-order valence-corrected chi connectivity index (χ2v) is 6.86. The van der Waals surface area contributed by atoms with E-state index < -0.39 is 0 Å². The Bertz CT molecular complexity index is 675. The molecule has 2 fully saturated rings. The number of halogens is 1. The highest BCUT2D eigenvalue weighted by Crippen LogP contribution is 2.38. The summed E-state index contributed by atoms with van der Waals surface area (Å²) in [4.78, 5) is 9.32. The second-order valence-electron chi connectivity index (χ2n) is 6.86. The largest absolute Gasteiger partial charge is 0.339 e. The van der Waals surface area contributed by atoms with Gasteiger partial charge in [-0.05, 0) is 37.5 Å². The smallest absolute Gasteiger partial charge is 0.229 e. The van der Waals surface area contributed by atoms with E-state index in [4.69, 9.17) is 4.52 Å². The van der Waals surface area contributed by atoms with E-state index in [1.165, 1.54) is 25.0 Å². The predicted octanol–water partition coefficient (Wildman–Crippen LogP) is 2.96. The molecule has 0 radical (unpaired) electrons. The van der Waals surface area contributed by atoms with Gasteiger partial charge < -0.3 is 4.52 Å². The number of benzene rings is 1. The van der Waals surface area contributed by atoms with Gasteiger partial charge in [0.15, 0.2) is 5.82 Å². The zero-order valence-corrected chi connectivity index (χ0v) is 14.0. The summed E-state index contributed by atoms with van der Waals surface area (Å²) >= 11 is 0. The predicted molar refractivity (Wildman–Crippen MR) is 87.9 cm³/mol. The Balaban J connectivity index is 1.30. The fraction of sp³-hybridized carbons (Fsp3) is 0.556. The molecule has 1 aromatic carbocycles. The summed E-state index contributed by atoms with van der Waals surface area (Å²) in [5.74, 6) is 1.95. The third kappa shape index (κ3) is 3.49. The average Bonchev–Trinajstić information content (AvgIpc) is 3.36. The number of rotatable bonds is 5. The highest BCUT2D eigenvalue weighted by molar-refractivity contribution is 5.19. The molecule has 0 N–H and O–H groups in total. The second kappa shape index (κ2) is 6.61. The van der Waals surface area contributed by atoms with E-state index in [9.17, 15) is 4.39 Å². The normalized spacial score (nSPS) is 21.1. The molecule has 1 aliphatic carbocycles. The van der Waals surface area contributed by atoms with Crippen molar-refractivity contribution in [2.24, 2.45) is 0 Å². The maximum Gasteiger partial charge on any atom is 0.229 e. The van der Waals surface area contributed by atoms with Crippen LogP contribution in [0.2, 0.25) is 0 Å². The Kier molecular flexibility index (Phi) is 4.33. The maximum atomic E-state index is 13.1. The third-order valence-corrected chi connectivity index (χ3v) is 5.08. The van der Waals surface area contributed by atoms with Gasteiger partial charge >= 0.3 is 0 Å². The molecule has 2 aromatic rings. The molecule has 2 aliphatic rings. The van der Waals surface area contributed by atoms with Crippen LogP contribution in [0.4, 0.5) is 4.39 Å². The molecule has 2 heterocycles. The van der Waals surface area contributed by atoms with E-state index in [2.05, 4.69) is 26.9 Å². The molecule has 1 aliphatic heterocycles. The Hall–Kier alpha value is -1.79. The molecule has 1 saturated carbocycles. The molecule has 4 rings (SSSR count). The Morgan fingerprint density at radius 3 is 2.54 bits per heavy atom. The topological polar surface area (TPSA) is 45.4 Å². The van der Waals surface area contributed by atoms with Gasteiger partial charge in [-0.25, -0.2) is 4.39 Å². The fourth-order valence-corrected chi connectivity index (χ4v) is 3.29. The Labute approximate surface area is 141 Å². The SMILES string of the molecule is CC(c1ccc(F)cc1)N1CCN(Cc2noc(C3CC3)n2)CC1. The van der Waals surface area contributed by atoms with Crippen LogP contribution < -0.4 is 0 Å². The molecular formula is C18H23FN4O. The van der Waals surface area contributed by atoms with Crippen molar-refractivity contribution >= 4 is 0 Å². The number of piperazine rings is 1. The van der Waals surface area contributed by atoms with Gasteiger partial charge in [-0.1, -0.05) is 17.3 Å². The van der Waals surface area contributed by atoms with E-state index in [0.29, 0.717) is 12.0 Å². The van der Waals surface area contributed by atoms with Crippen LogP contribution in [0, 0.1) is 5.82 Å². The number of hydrogen-bond donors (Lipinski definition) is 0. The number of hydrogen-bond acceptors (Lipinski definition) is 5. The molecule has 0 amide bonds. The average molecular weight is 330 g/mol. The van der Waals surface area contributed by atoms with Crippen molar-refractivity contribution in [3.63, 3.8) is 0 Å². The molecule has 1 unspecified atom stereocenters. The van der Waals surface area contributed by atoms with Gasteiger partial charge in [-0.3, -0.25) is 9.80 Å². The molecule has 1 aromatic heterocycles. The quantitative estimate of drug-likeness (QED) is 0.843. The third-order valence-electron chi connectivity index (χ3n) is 5.08. The van der Waals surface area contributed by atoms with E-state index in [0.717, 1.165) is 50.0 Å². The van der Waals surface area contributed by atoms with Crippen LogP contribution in [-0.2, 0) is 6.54 Å². The number of aromatic nitrogens is 2. The van der Waals surface area contributed by atoms with Gasteiger partial charge in [0.05, 0.1) is 6.54 Å². The van der Waals surface area contributed by atoms with Crippen molar-refractivity contribution < 1.29 is 8.91 Å². The minimum absolute atomic E-state index is 0.179. The highest BCUT2D eigenvalue weighted by atomic mass is 19.1. The molecule has 1 atom stereocenters. The summed E-state index contributed by atoms with van der Waals surface area (Å²) in [7, 11) is 0. The summed E-state index contributed by atoms with van der Waals surface area (Å²) in [6.45, 7) is 6.90. The lowest BCUT2D eigenvalue weighted by Gasteiger charge is -2.37. The molecule has 0 bridgehead atoms. The fourth-order valence-electron chi connectivity index (χ4n) is 3.29. The standard InChI is InChI=1S/C18H23FN4O/c1-13(14-4-6-16(19)7-5-14)23-10-8-22(9-11-23)12-17-20-18(24-21-17)15-2-3-15/h4-7,13,15H,2-3,8-12H2,1H3. The van der Waals surface area contributed by atoms with Crippen molar-refractivity contribution in [1.29, 1.82) is 0 Å². The Morgan fingerprint density at radius 2 is 1.88 bits per heavy atom. The molecule has 24 heavy (non-hydrogen) atoms. The Morgan fingerprint density at radius 1 is 1.17 bits per heavy atom. The molecule has 0 spiro atoms. The molecule has 128 valence electrons. The first-order valence-corrected chi connectivity index (χ1v) is 8.73. The van der Waals surface area contributed by atoms with Crippen LogP contribution >= 0.6 is 0 Å². The van der Waals surface area contributed by atoms with Crippen LogP contribution in [0.15, 0.2) is 28.8 Å². The number of nitrogens with zero attached hydrogens (tertiary/aromatic N) is 4. The van der Waals surface area contributed by atoms with Crippen LogP contribution in [0.1, 0.15) is 49.0 Å². The minimum Gasteiger partial charge on any atom is -0.339 e. The first-order chi connectivity index (χ1) is 11.7. The van der Waals surface area contributed by atoms with E-state index in [1.54, 1.807) is 0 Å². The molecule has 6 heteroatoms.